The Bertz CT molecular complexity index is 984. The third kappa shape index (κ3) is 4.58. The smallest absolute Gasteiger partial charge is 0.259 e. The van der Waals surface area contributed by atoms with Crippen LogP contribution in [0.4, 0.5) is 11.5 Å². The van der Waals surface area contributed by atoms with E-state index >= 15 is 0 Å². The van der Waals surface area contributed by atoms with Crippen LogP contribution in [-0.4, -0.2) is 49.0 Å². The Balaban J connectivity index is 1.43. The highest BCUT2D eigenvalue weighted by molar-refractivity contribution is 6.06. The molecule has 3 aromatic rings. The molecular formula is C23H24N4O3. The van der Waals surface area contributed by atoms with Crippen LogP contribution >= 0.6 is 0 Å². The molecule has 0 radical (unpaired) electrons. The van der Waals surface area contributed by atoms with E-state index in [0.717, 1.165) is 30.2 Å². The first-order valence-electron chi connectivity index (χ1n) is 10.0. The molecule has 4 rings (SSSR count). The third-order valence-corrected chi connectivity index (χ3v) is 4.86. The predicted octanol–water partition coefficient (Wildman–Crippen LogP) is 3.63. The summed E-state index contributed by atoms with van der Waals surface area (Å²) in [5, 5.41) is 11.6. The lowest BCUT2D eigenvalue weighted by molar-refractivity contribution is 0.102. The molecule has 1 saturated heterocycles. The number of rotatable bonds is 6. The number of carbonyl (C=O) groups is 1. The Labute approximate surface area is 175 Å². The lowest BCUT2D eigenvalue weighted by Crippen LogP contribution is -2.36. The number of nitrogens with one attached hydrogen (secondary N) is 1. The highest BCUT2D eigenvalue weighted by Gasteiger charge is 2.14. The van der Waals surface area contributed by atoms with Gasteiger partial charge in [0.25, 0.3) is 5.91 Å². The van der Waals surface area contributed by atoms with E-state index in [0.29, 0.717) is 36.8 Å². The molecule has 30 heavy (non-hydrogen) atoms. The van der Waals surface area contributed by atoms with Crippen LogP contribution in [0, 0.1) is 0 Å². The zero-order valence-corrected chi connectivity index (χ0v) is 16.9. The highest BCUT2D eigenvalue weighted by atomic mass is 16.5. The SMILES string of the molecule is CCOc1ccccc1C(=O)Nc1ccc(-c2ccc(N3CCOCC3)nn2)cc1. The summed E-state index contributed by atoms with van der Waals surface area (Å²) in [4.78, 5) is 14.8. The van der Waals surface area contributed by atoms with Gasteiger partial charge in [0.1, 0.15) is 5.75 Å². The number of aromatic nitrogens is 2. The predicted molar refractivity (Wildman–Crippen MR) is 116 cm³/mol. The molecule has 0 saturated carbocycles. The Morgan fingerprint density at radius 1 is 1.03 bits per heavy atom. The van der Waals surface area contributed by atoms with E-state index in [9.17, 15) is 4.79 Å². The van der Waals surface area contributed by atoms with Crippen LogP contribution in [-0.2, 0) is 4.74 Å². The van der Waals surface area contributed by atoms with Crippen LogP contribution in [0.5, 0.6) is 5.75 Å². The molecule has 7 heteroatoms. The van der Waals surface area contributed by atoms with Crippen molar-refractivity contribution in [2.45, 2.75) is 6.92 Å². The summed E-state index contributed by atoms with van der Waals surface area (Å²) in [6.45, 7) is 5.48. The number of amides is 1. The van der Waals surface area contributed by atoms with Gasteiger partial charge in [-0.25, -0.2) is 0 Å². The zero-order chi connectivity index (χ0) is 20.8. The minimum absolute atomic E-state index is 0.207. The van der Waals surface area contributed by atoms with Gasteiger partial charge >= 0.3 is 0 Å². The number of benzene rings is 2. The Morgan fingerprint density at radius 3 is 2.50 bits per heavy atom. The molecule has 1 fully saturated rings. The Kier molecular flexibility index (Phi) is 6.20. The number of hydrogen-bond acceptors (Lipinski definition) is 6. The van der Waals surface area contributed by atoms with Crippen LogP contribution in [0.15, 0.2) is 60.7 Å². The molecule has 0 atom stereocenters. The van der Waals surface area contributed by atoms with E-state index in [2.05, 4.69) is 20.4 Å². The summed E-state index contributed by atoms with van der Waals surface area (Å²) in [7, 11) is 0. The van der Waals surface area contributed by atoms with Gasteiger partial charge in [-0.2, -0.15) is 0 Å². The van der Waals surface area contributed by atoms with Crippen LogP contribution in [0.1, 0.15) is 17.3 Å². The van der Waals surface area contributed by atoms with Crippen molar-refractivity contribution in [3.63, 3.8) is 0 Å². The van der Waals surface area contributed by atoms with Crippen molar-refractivity contribution in [2.24, 2.45) is 0 Å². The summed E-state index contributed by atoms with van der Waals surface area (Å²) in [5.74, 6) is 1.23. The number of para-hydroxylation sites is 1. The number of carbonyl (C=O) groups excluding carboxylic acids is 1. The van der Waals surface area contributed by atoms with Crippen LogP contribution in [0.25, 0.3) is 11.3 Å². The second-order valence-electron chi connectivity index (χ2n) is 6.84. The largest absolute Gasteiger partial charge is 0.493 e. The highest BCUT2D eigenvalue weighted by Crippen LogP contribution is 2.23. The molecule has 0 bridgehead atoms. The van der Waals surface area contributed by atoms with Crippen molar-refractivity contribution in [1.82, 2.24) is 10.2 Å². The molecule has 2 aromatic carbocycles. The first-order chi connectivity index (χ1) is 14.7. The van der Waals surface area contributed by atoms with Gasteiger partial charge in [0, 0.05) is 24.3 Å². The minimum atomic E-state index is -0.207. The van der Waals surface area contributed by atoms with Crippen LogP contribution in [0.3, 0.4) is 0 Å². The van der Waals surface area contributed by atoms with E-state index in [4.69, 9.17) is 9.47 Å². The van der Waals surface area contributed by atoms with E-state index in [1.165, 1.54) is 0 Å². The molecule has 2 heterocycles. The van der Waals surface area contributed by atoms with Gasteiger partial charge in [-0.3, -0.25) is 4.79 Å². The van der Waals surface area contributed by atoms with Gasteiger partial charge in [-0.15, -0.1) is 10.2 Å². The molecule has 154 valence electrons. The van der Waals surface area contributed by atoms with Crippen molar-refractivity contribution < 1.29 is 14.3 Å². The topological polar surface area (TPSA) is 76.6 Å². The summed E-state index contributed by atoms with van der Waals surface area (Å²) in [6, 6.07) is 18.7. The molecule has 1 aliphatic heterocycles. The fourth-order valence-electron chi connectivity index (χ4n) is 3.30. The maximum absolute atomic E-state index is 12.6. The van der Waals surface area contributed by atoms with Gasteiger partial charge in [0.2, 0.25) is 0 Å². The third-order valence-electron chi connectivity index (χ3n) is 4.86. The van der Waals surface area contributed by atoms with Gasteiger partial charge in [0.15, 0.2) is 5.82 Å². The maximum Gasteiger partial charge on any atom is 0.259 e. The van der Waals surface area contributed by atoms with Crippen LogP contribution < -0.4 is 15.0 Å². The fourth-order valence-corrected chi connectivity index (χ4v) is 3.30. The average molecular weight is 404 g/mol. The first-order valence-corrected chi connectivity index (χ1v) is 10.0. The molecule has 0 unspecified atom stereocenters. The molecule has 1 aliphatic rings. The van der Waals surface area contributed by atoms with E-state index in [-0.39, 0.29) is 5.91 Å². The second kappa shape index (κ2) is 9.37. The summed E-state index contributed by atoms with van der Waals surface area (Å²) in [6.07, 6.45) is 0. The number of hydrogen-bond donors (Lipinski definition) is 1. The van der Waals surface area contributed by atoms with E-state index in [1.807, 2.05) is 55.5 Å². The lowest BCUT2D eigenvalue weighted by atomic mass is 10.1. The Morgan fingerprint density at radius 2 is 1.80 bits per heavy atom. The van der Waals surface area contributed by atoms with Crippen molar-refractivity contribution in [3.05, 3.63) is 66.2 Å². The lowest BCUT2D eigenvalue weighted by Gasteiger charge is -2.27. The molecule has 0 aliphatic carbocycles. The molecule has 1 amide bonds. The van der Waals surface area contributed by atoms with Gasteiger partial charge in [-0.05, 0) is 43.3 Å². The maximum atomic E-state index is 12.6. The molecule has 1 aromatic heterocycles. The van der Waals surface area contributed by atoms with E-state index in [1.54, 1.807) is 12.1 Å². The van der Waals surface area contributed by atoms with Crippen molar-refractivity contribution >= 4 is 17.4 Å². The van der Waals surface area contributed by atoms with Crippen molar-refractivity contribution in [1.29, 1.82) is 0 Å². The summed E-state index contributed by atoms with van der Waals surface area (Å²) < 4.78 is 10.9. The normalized spacial score (nSPS) is 13.7. The van der Waals surface area contributed by atoms with Gasteiger partial charge < -0.3 is 19.7 Å². The minimum Gasteiger partial charge on any atom is -0.493 e. The molecule has 0 spiro atoms. The van der Waals surface area contributed by atoms with Gasteiger partial charge in [-0.1, -0.05) is 24.3 Å². The number of anilines is 2. The zero-order valence-electron chi connectivity index (χ0n) is 16.9. The molecule has 7 nitrogen and oxygen atoms in total. The monoisotopic (exact) mass is 404 g/mol. The Hall–Kier alpha value is -3.45. The standard InChI is InChI=1S/C23H24N4O3/c1-2-30-21-6-4-3-5-19(21)23(28)24-18-9-7-17(8-10-18)20-11-12-22(26-25-20)27-13-15-29-16-14-27/h3-12H,2,13-16H2,1H3,(H,24,28). The fraction of sp³-hybridized carbons (Fsp3) is 0.261. The summed E-state index contributed by atoms with van der Waals surface area (Å²) in [5.41, 5.74) is 2.93. The van der Waals surface area contributed by atoms with E-state index < -0.39 is 0 Å². The molecular weight excluding hydrogens is 380 g/mol. The van der Waals surface area contributed by atoms with Crippen LogP contribution in [0.2, 0.25) is 0 Å². The van der Waals surface area contributed by atoms with Crippen molar-refractivity contribution in [3.8, 4) is 17.0 Å². The number of morpholine rings is 1. The molecule has 1 N–H and O–H groups in total. The quantitative estimate of drug-likeness (QED) is 0.676. The second-order valence-corrected chi connectivity index (χ2v) is 6.84. The van der Waals surface area contributed by atoms with Crippen molar-refractivity contribution in [2.75, 3.05) is 43.1 Å². The van der Waals surface area contributed by atoms with Gasteiger partial charge in [0.05, 0.1) is 31.1 Å². The summed E-state index contributed by atoms with van der Waals surface area (Å²) >= 11 is 0. The number of ether oxygens (including phenoxy) is 2. The number of nitrogens with zero attached hydrogens (tertiary/aromatic N) is 3. The first kappa shape index (κ1) is 19.8. The average Bonchev–Trinajstić information content (AvgIpc) is 2.81.